The second-order valence-corrected chi connectivity index (χ2v) is 12.0. The molecule has 0 saturated carbocycles. The Morgan fingerprint density at radius 1 is 1.05 bits per heavy atom. The van der Waals surface area contributed by atoms with Gasteiger partial charge in [0.1, 0.15) is 5.82 Å². The van der Waals surface area contributed by atoms with Gasteiger partial charge in [-0.15, -0.1) is 0 Å². The maximum atomic E-state index is 14.2. The number of rotatable bonds is 5. The summed E-state index contributed by atoms with van der Waals surface area (Å²) in [6.45, 7) is 6.27. The minimum Gasteiger partial charge on any atom is -0.362 e. The molecule has 0 saturated heterocycles. The first kappa shape index (κ1) is 25.7. The van der Waals surface area contributed by atoms with Crippen LogP contribution in [0.1, 0.15) is 50.0 Å². The lowest BCUT2D eigenvalue weighted by atomic mass is 9.91. The molecule has 1 N–H and O–H groups in total. The summed E-state index contributed by atoms with van der Waals surface area (Å²) < 4.78 is 28.5. The molecule has 1 amide bonds. The van der Waals surface area contributed by atoms with Crippen molar-refractivity contribution in [3.8, 4) is 0 Å². The lowest BCUT2D eigenvalue weighted by Crippen LogP contribution is -2.39. The molecule has 9 nitrogen and oxygen atoms in total. The highest BCUT2D eigenvalue weighted by atomic mass is 32.2. The average molecular weight is 533 g/mol. The Balaban J connectivity index is 1.66. The molecular formula is C28H32N6O3S. The standard InChI is InChI=1S/C28H32N6O3S/c1-17-11-12-23(31-38(6,36)37)22(13-17)28(35)33-16-21-10-8-7-9-20(21)14-25(33)24-15-26-29-19(3)18(2)27(32(4)5)34(26)30-24/h7-13,15,25,31H,14,16H2,1-6H3/t25-/m0/s1. The van der Waals surface area contributed by atoms with Gasteiger partial charge in [-0.25, -0.2) is 13.4 Å². The Kier molecular flexibility index (Phi) is 6.38. The summed E-state index contributed by atoms with van der Waals surface area (Å²) in [4.78, 5) is 22.8. The lowest BCUT2D eigenvalue weighted by Gasteiger charge is -2.36. The van der Waals surface area contributed by atoms with Crippen LogP contribution >= 0.6 is 0 Å². The van der Waals surface area contributed by atoms with E-state index in [0.29, 0.717) is 24.2 Å². The molecule has 1 aliphatic heterocycles. The molecular weight excluding hydrogens is 500 g/mol. The molecule has 2 aromatic carbocycles. The van der Waals surface area contributed by atoms with Crippen LogP contribution in [-0.4, -0.2) is 54.2 Å². The molecule has 0 bridgehead atoms. The molecule has 1 atom stereocenters. The second-order valence-electron chi connectivity index (χ2n) is 10.2. The number of sulfonamides is 1. The summed E-state index contributed by atoms with van der Waals surface area (Å²) in [5, 5.41) is 4.97. The van der Waals surface area contributed by atoms with Gasteiger partial charge >= 0.3 is 0 Å². The van der Waals surface area contributed by atoms with E-state index >= 15 is 0 Å². The quantitative estimate of drug-likeness (QED) is 0.417. The monoisotopic (exact) mass is 532 g/mol. The molecule has 0 unspecified atom stereocenters. The first-order valence-corrected chi connectivity index (χ1v) is 14.3. The van der Waals surface area contributed by atoms with Gasteiger partial charge in [0.2, 0.25) is 10.0 Å². The fourth-order valence-corrected chi connectivity index (χ4v) is 5.75. The van der Waals surface area contributed by atoms with Crippen LogP contribution in [0, 0.1) is 20.8 Å². The van der Waals surface area contributed by atoms with Crippen molar-refractivity contribution in [2.45, 2.75) is 39.8 Å². The number of carbonyl (C=O) groups excluding carboxylic acids is 1. The zero-order valence-corrected chi connectivity index (χ0v) is 23.3. The highest BCUT2D eigenvalue weighted by Gasteiger charge is 2.34. The second kappa shape index (κ2) is 9.43. The lowest BCUT2D eigenvalue weighted by molar-refractivity contribution is 0.0634. The summed E-state index contributed by atoms with van der Waals surface area (Å²) in [5.74, 6) is 0.677. The van der Waals surface area contributed by atoms with E-state index < -0.39 is 10.0 Å². The van der Waals surface area contributed by atoms with E-state index in [1.807, 2.05) is 68.5 Å². The first-order chi connectivity index (χ1) is 17.9. The average Bonchev–Trinajstić information content (AvgIpc) is 3.26. The normalized spacial score (nSPS) is 15.4. The molecule has 0 spiro atoms. The Morgan fingerprint density at radius 2 is 1.76 bits per heavy atom. The van der Waals surface area contributed by atoms with Crippen molar-refractivity contribution in [2.24, 2.45) is 0 Å². The van der Waals surface area contributed by atoms with E-state index in [2.05, 4.69) is 10.8 Å². The van der Waals surface area contributed by atoms with Crippen molar-refractivity contribution < 1.29 is 13.2 Å². The number of anilines is 2. The molecule has 5 rings (SSSR count). The number of nitrogens with one attached hydrogen (secondary N) is 1. The summed E-state index contributed by atoms with van der Waals surface area (Å²) in [6.07, 6.45) is 1.67. The molecule has 4 aromatic rings. The molecule has 0 radical (unpaired) electrons. The van der Waals surface area contributed by atoms with E-state index in [0.717, 1.165) is 45.7 Å². The molecule has 198 valence electrons. The van der Waals surface area contributed by atoms with Crippen molar-refractivity contribution in [2.75, 3.05) is 30.0 Å². The summed E-state index contributed by atoms with van der Waals surface area (Å²) >= 11 is 0. The summed E-state index contributed by atoms with van der Waals surface area (Å²) in [6, 6.07) is 14.8. The molecule has 10 heteroatoms. The maximum absolute atomic E-state index is 14.2. The van der Waals surface area contributed by atoms with E-state index in [4.69, 9.17) is 10.1 Å². The number of carbonyl (C=O) groups is 1. The molecule has 0 aliphatic carbocycles. The van der Waals surface area contributed by atoms with E-state index in [1.54, 1.807) is 23.1 Å². The fraction of sp³-hybridized carbons (Fsp3) is 0.321. The van der Waals surface area contributed by atoms with Crippen LogP contribution in [-0.2, 0) is 23.0 Å². The van der Waals surface area contributed by atoms with Crippen molar-refractivity contribution in [3.63, 3.8) is 0 Å². The van der Waals surface area contributed by atoms with Crippen LogP contribution in [0.25, 0.3) is 5.65 Å². The van der Waals surface area contributed by atoms with Gasteiger partial charge in [0.05, 0.1) is 29.2 Å². The van der Waals surface area contributed by atoms with Crippen molar-refractivity contribution in [1.82, 2.24) is 19.5 Å². The molecule has 2 aromatic heterocycles. The Hall–Kier alpha value is -3.92. The van der Waals surface area contributed by atoms with Crippen molar-refractivity contribution in [3.05, 3.63) is 87.7 Å². The van der Waals surface area contributed by atoms with E-state index in [-0.39, 0.29) is 17.6 Å². The SMILES string of the molecule is Cc1ccc(NS(C)(=O)=O)c(C(=O)N2Cc3ccccc3C[C@H]2c2cc3nc(C)c(C)c(N(C)C)n3n2)c1. The molecule has 3 heterocycles. The number of aromatic nitrogens is 3. The number of aryl methyl sites for hydroxylation is 2. The number of hydrogen-bond acceptors (Lipinski definition) is 6. The third-order valence-electron chi connectivity index (χ3n) is 7.05. The Bertz CT molecular complexity index is 1680. The van der Waals surface area contributed by atoms with Gasteiger partial charge < -0.3 is 9.80 Å². The predicted molar refractivity (Wildman–Crippen MR) is 149 cm³/mol. The summed E-state index contributed by atoms with van der Waals surface area (Å²) in [7, 11) is 0.372. The molecule has 0 fully saturated rings. The Morgan fingerprint density at radius 3 is 2.45 bits per heavy atom. The number of hydrogen-bond donors (Lipinski definition) is 1. The van der Waals surface area contributed by atoms with Gasteiger partial charge in [0, 0.05) is 38.0 Å². The van der Waals surface area contributed by atoms with E-state index in [1.165, 1.54) is 0 Å². The zero-order chi connectivity index (χ0) is 27.4. The third kappa shape index (κ3) is 4.71. The van der Waals surface area contributed by atoms with Crippen molar-refractivity contribution in [1.29, 1.82) is 0 Å². The highest BCUT2D eigenvalue weighted by Crippen LogP contribution is 2.36. The van der Waals surface area contributed by atoms with Gasteiger partial charge in [-0.2, -0.15) is 9.61 Å². The van der Waals surface area contributed by atoms with Crippen LogP contribution in [0.4, 0.5) is 11.5 Å². The topological polar surface area (TPSA) is 99.9 Å². The van der Waals surface area contributed by atoms with Gasteiger partial charge in [0.15, 0.2) is 5.65 Å². The third-order valence-corrected chi connectivity index (χ3v) is 7.64. The molecule has 1 aliphatic rings. The van der Waals surface area contributed by atoms with Crippen molar-refractivity contribution >= 4 is 33.1 Å². The number of amides is 1. The van der Waals surface area contributed by atoms with Gasteiger partial charge in [-0.1, -0.05) is 35.9 Å². The van der Waals surface area contributed by atoms with Gasteiger partial charge in [-0.3, -0.25) is 9.52 Å². The zero-order valence-electron chi connectivity index (χ0n) is 22.5. The summed E-state index contributed by atoms with van der Waals surface area (Å²) in [5.41, 5.74) is 7.06. The van der Waals surface area contributed by atoms with Gasteiger partial charge in [0.25, 0.3) is 5.91 Å². The smallest absolute Gasteiger partial charge is 0.256 e. The van der Waals surface area contributed by atoms with Crippen LogP contribution in [0.5, 0.6) is 0 Å². The van der Waals surface area contributed by atoms with Crippen LogP contribution in [0.3, 0.4) is 0 Å². The number of benzene rings is 2. The predicted octanol–water partition coefficient (Wildman–Crippen LogP) is 4.03. The Labute approximate surface area is 223 Å². The maximum Gasteiger partial charge on any atom is 0.256 e. The number of nitrogens with zero attached hydrogens (tertiary/aromatic N) is 5. The van der Waals surface area contributed by atoms with Crippen LogP contribution in [0.15, 0.2) is 48.5 Å². The first-order valence-electron chi connectivity index (χ1n) is 12.4. The molecule has 38 heavy (non-hydrogen) atoms. The highest BCUT2D eigenvalue weighted by molar-refractivity contribution is 7.92. The van der Waals surface area contributed by atoms with E-state index in [9.17, 15) is 13.2 Å². The van der Waals surface area contributed by atoms with Gasteiger partial charge in [-0.05, 0) is 50.5 Å². The van der Waals surface area contributed by atoms with Crippen LogP contribution in [0.2, 0.25) is 0 Å². The minimum absolute atomic E-state index is 0.260. The minimum atomic E-state index is -3.58. The fourth-order valence-electron chi connectivity index (χ4n) is 5.17. The number of fused-ring (bicyclic) bond motifs is 2. The largest absolute Gasteiger partial charge is 0.362 e. The van der Waals surface area contributed by atoms with Crippen LogP contribution < -0.4 is 9.62 Å².